The van der Waals surface area contributed by atoms with Crippen molar-refractivity contribution in [3.05, 3.63) is 95.1 Å². The molecule has 1 amide bonds. The molecule has 2 aromatic carbocycles. The molecule has 0 saturated heterocycles. The van der Waals surface area contributed by atoms with Gasteiger partial charge in [0.15, 0.2) is 0 Å². The number of amides is 1. The molecular weight excluding hydrogens is 384 g/mol. The van der Waals surface area contributed by atoms with Gasteiger partial charge in [0.25, 0.3) is 5.91 Å². The van der Waals surface area contributed by atoms with Gasteiger partial charge in [0, 0.05) is 12.2 Å². The van der Waals surface area contributed by atoms with Crippen molar-refractivity contribution in [3.8, 4) is 0 Å². The van der Waals surface area contributed by atoms with E-state index >= 15 is 0 Å². The van der Waals surface area contributed by atoms with Crippen LogP contribution in [0.25, 0.3) is 11.1 Å². The largest absolute Gasteiger partial charge is 0.331 e. The number of hydrogen-bond acceptors (Lipinski definition) is 2. The van der Waals surface area contributed by atoms with E-state index in [4.69, 9.17) is 0 Å². The van der Waals surface area contributed by atoms with E-state index in [0.29, 0.717) is 5.69 Å². The van der Waals surface area contributed by atoms with Gasteiger partial charge in [-0.25, -0.2) is 13.8 Å². The van der Waals surface area contributed by atoms with Gasteiger partial charge in [-0.3, -0.25) is 4.79 Å². The summed E-state index contributed by atoms with van der Waals surface area (Å²) in [5.41, 5.74) is 5.61. The maximum atomic E-state index is 13.8. The Kier molecular flexibility index (Phi) is 5.31. The third-order valence-corrected chi connectivity index (χ3v) is 5.26. The van der Waals surface area contributed by atoms with Crippen LogP contribution in [-0.4, -0.2) is 15.5 Å². The van der Waals surface area contributed by atoms with E-state index in [9.17, 15) is 13.6 Å². The zero-order chi connectivity index (χ0) is 21.3. The highest BCUT2D eigenvalue weighted by molar-refractivity contribution is 6.04. The van der Waals surface area contributed by atoms with Gasteiger partial charge in [0.05, 0.1) is 18.2 Å². The van der Waals surface area contributed by atoms with Crippen LogP contribution in [0.5, 0.6) is 0 Å². The van der Waals surface area contributed by atoms with Crippen LogP contribution < -0.4 is 5.32 Å². The summed E-state index contributed by atoms with van der Waals surface area (Å²) >= 11 is 0. The van der Waals surface area contributed by atoms with E-state index in [-0.39, 0.29) is 0 Å². The molecule has 4 nitrogen and oxygen atoms in total. The second-order valence-electron chi connectivity index (χ2n) is 7.23. The predicted molar refractivity (Wildman–Crippen MR) is 114 cm³/mol. The number of nitrogens with zero attached hydrogens (tertiary/aromatic N) is 2. The molecule has 0 fully saturated rings. The molecule has 0 radical (unpaired) electrons. The molecular formula is C24H21F2N3O. The molecule has 30 heavy (non-hydrogen) atoms. The molecule has 1 heterocycles. The Balaban J connectivity index is 1.54. The van der Waals surface area contributed by atoms with Gasteiger partial charge in [-0.05, 0) is 67.3 Å². The number of anilines is 1. The second-order valence-corrected chi connectivity index (χ2v) is 7.23. The van der Waals surface area contributed by atoms with Crippen molar-refractivity contribution >= 4 is 22.7 Å². The summed E-state index contributed by atoms with van der Waals surface area (Å²) in [7, 11) is 0. The van der Waals surface area contributed by atoms with Gasteiger partial charge in [-0.1, -0.05) is 23.8 Å². The molecule has 152 valence electrons. The number of rotatable bonds is 5. The standard InChI is InChI=1S/C24H21F2N3O/c1-3-29-14-27-13-22(29)17-11-15(2)19(12-17)16-7-9-18(10-8-16)28-24(30)23-20(25)5-4-6-21(23)26/h4-10,12-14H,3,11H2,1-2H3,(H,28,30). The number of aryl methyl sites for hydroxylation is 1. The lowest BCUT2D eigenvalue weighted by molar-refractivity contribution is 0.101. The fourth-order valence-electron chi connectivity index (χ4n) is 3.71. The number of imidazole rings is 1. The Bertz CT molecular complexity index is 1150. The van der Waals surface area contributed by atoms with Crippen LogP contribution in [0.3, 0.4) is 0 Å². The van der Waals surface area contributed by atoms with Gasteiger partial charge < -0.3 is 9.88 Å². The lowest BCUT2D eigenvalue weighted by Gasteiger charge is -2.09. The first-order valence-electron chi connectivity index (χ1n) is 9.74. The highest BCUT2D eigenvalue weighted by atomic mass is 19.1. The quantitative estimate of drug-likeness (QED) is 0.592. The average Bonchev–Trinajstić information content (AvgIpc) is 3.34. The first-order valence-corrected chi connectivity index (χ1v) is 9.74. The Labute approximate surface area is 173 Å². The Morgan fingerprint density at radius 2 is 1.83 bits per heavy atom. The molecule has 0 aliphatic heterocycles. The van der Waals surface area contributed by atoms with Gasteiger partial charge in [0.1, 0.15) is 17.2 Å². The minimum absolute atomic E-state index is 0.468. The monoisotopic (exact) mass is 405 g/mol. The minimum atomic E-state index is -0.889. The average molecular weight is 405 g/mol. The molecule has 6 heteroatoms. The minimum Gasteiger partial charge on any atom is -0.331 e. The summed E-state index contributed by atoms with van der Waals surface area (Å²) < 4.78 is 29.7. The molecule has 1 aromatic heterocycles. The van der Waals surface area contributed by atoms with Crippen LogP contribution in [0.2, 0.25) is 0 Å². The van der Waals surface area contributed by atoms with Crippen LogP contribution in [0.15, 0.2) is 66.6 Å². The maximum absolute atomic E-state index is 13.8. The topological polar surface area (TPSA) is 46.9 Å². The number of allylic oxidation sites excluding steroid dienone is 4. The van der Waals surface area contributed by atoms with Crippen molar-refractivity contribution in [1.29, 1.82) is 0 Å². The predicted octanol–water partition coefficient (Wildman–Crippen LogP) is 5.69. The number of aromatic nitrogens is 2. The molecule has 0 spiro atoms. The SMILES string of the molecule is CCn1cncc1C1=CC(c2ccc(NC(=O)c3c(F)cccc3F)cc2)=C(C)C1. The summed E-state index contributed by atoms with van der Waals surface area (Å²) in [4.78, 5) is 16.5. The molecule has 1 aliphatic rings. The van der Waals surface area contributed by atoms with Crippen LogP contribution >= 0.6 is 0 Å². The molecule has 0 atom stereocenters. The molecule has 1 N–H and O–H groups in total. The van der Waals surface area contributed by atoms with Gasteiger partial charge in [0.2, 0.25) is 0 Å². The van der Waals surface area contributed by atoms with Gasteiger partial charge in [-0.2, -0.15) is 0 Å². The van der Waals surface area contributed by atoms with Crippen LogP contribution in [0.1, 0.15) is 41.9 Å². The molecule has 0 bridgehead atoms. The third-order valence-electron chi connectivity index (χ3n) is 5.26. The Morgan fingerprint density at radius 3 is 2.50 bits per heavy atom. The fourth-order valence-corrected chi connectivity index (χ4v) is 3.71. The summed E-state index contributed by atoms with van der Waals surface area (Å²) in [5.74, 6) is -2.59. The highest BCUT2D eigenvalue weighted by Gasteiger charge is 2.19. The van der Waals surface area contributed by atoms with Crippen molar-refractivity contribution in [2.75, 3.05) is 5.32 Å². The number of benzene rings is 2. The molecule has 0 unspecified atom stereocenters. The van der Waals surface area contributed by atoms with Gasteiger partial charge in [-0.15, -0.1) is 0 Å². The maximum Gasteiger partial charge on any atom is 0.261 e. The van der Waals surface area contributed by atoms with Crippen molar-refractivity contribution < 1.29 is 13.6 Å². The van der Waals surface area contributed by atoms with Crippen LogP contribution in [-0.2, 0) is 6.54 Å². The van der Waals surface area contributed by atoms with E-state index < -0.39 is 23.1 Å². The summed E-state index contributed by atoms with van der Waals surface area (Å²) in [6.07, 6.45) is 6.73. The van der Waals surface area contributed by atoms with E-state index in [2.05, 4.69) is 34.8 Å². The molecule has 1 aliphatic carbocycles. The second kappa shape index (κ2) is 8.06. The smallest absolute Gasteiger partial charge is 0.261 e. The van der Waals surface area contributed by atoms with E-state index in [0.717, 1.165) is 41.9 Å². The lowest BCUT2D eigenvalue weighted by atomic mass is 10.0. The summed E-state index contributed by atoms with van der Waals surface area (Å²) in [6, 6.07) is 10.6. The zero-order valence-corrected chi connectivity index (χ0v) is 16.7. The lowest BCUT2D eigenvalue weighted by Crippen LogP contribution is -2.15. The number of hydrogen-bond donors (Lipinski definition) is 1. The van der Waals surface area contributed by atoms with E-state index in [1.165, 1.54) is 17.2 Å². The number of carbonyl (C=O) groups is 1. The van der Waals surface area contributed by atoms with Crippen LogP contribution in [0, 0.1) is 11.6 Å². The van der Waals surface area contributed by atoms with Crippen molar-refractivity contribution in [1.82, 2.24) is 9.55 Å². The number of carbonyl (C=O) groups excluding carboxylic acids is 1. The molecule has 4 rings (SSSR count). The highest BCUT2D eigenvalue weighted by Crippen LogP contribution is 2.37. The van der Waals surface area contributed by atoms with Gasteiger partial charge >= 0.3 is 0 Å². The molecule has 0 saturated carbocycles. The zero-order valence-electron chi connectivity index (χ0n) is 16.7. The first kappa shape index (κ1) is 19.8. The van der Waals surface area contributed by atoms with Crippen molar-refractivity contribution in [2.45, 2.75) is 26.8 Å². The normalized spacial score (nSPS) is 13.5. The van der Waals surface area contributed by atoms with Crippen LogP contribution in [0.4, 0.5) is 14.5 Å². The first-order chi connectivity index (χ1) is 14.5. The summed E-state index contributed by atoms with van der Waals surface area (Å²) in [5, 5.41) is 2.55. The summed E-state index contributed by atoms with van der Waals surface area (Å²) in [6.45, 7) is 5.04. The number of nitrogens with one attached hydrogen (secondary N) is 1. The number of halogens is 2. The Hall–Kier alpha value is -3.54. The van der Waals surface area contributed by atoms with Crippen molar-refractivity contribution in [2.24, 2.45) is 0 Å². The van der Waals surface area contributed by atoms with Crippen molar-refractivity contribution in [3.63, 3.8) is 0 Å². The van der Waals surface area contributed by atoms with E-state index in [1.54, 1.807) is 12.1 Å². The molecule has 3 aromatic rings. The fraction of sp³-hybridized carbons (Fsp3) is 0.167. The Morgan fingerprint density at radius 1 is 1.13 bits per heavy atom. The van der Waals surface area contributed by atoms with E-state index in [1.807, 2.05) is 24.7 Å². The third kappa shape index (κ3) is 3.68.